The van der Waals surface area contributed by atoms with Crippen LogP contribution in [-0.4, -0.2) is 22.1 Å². The summed E-state index contributed by atoms with van der Waals surface area (Å²) in [7, 11) is 1.66. The van der Waals surface area contributed by atoms with Crippen molar-refractivity contribution in [3.8, 4) is 0 Å². The molecule has 13 heavy (non-hydrogen) atoms. The highest BCUT2D eigenvalue weighted by Crippen LogP contribution is 2.04. The number of nitrogen functional groups attached to an aromatic ring is 1. The Kier molecular flexibility index (Phi) is 4.27. The Balaban J connectivity index is 0.00000144. The predicted molar refractivity (Wildman–Crippen MR) is 50.8 cm³/mol. The maximum Gasteiger partial charge on any atom is 0.374 e. The van der Waals surface area contributed by atoms with Crippen LogP contribution in [-0.2, 0) is 11.8 Å². The number of hydrogen-bond donors (Lipinski definition) is 1. The van der Waals surface area contributed by atoms with Crippen LogP contribution in [0.5, 0.6) is 0 Å². The molecular weight excluding hydrogens is 194 g/mol. The molecule has 0 radical (unpaired) electrons. The minimum Gasteiger partial charge on any atom is -0.460 e. The molecule has 0 aliphatic rings. The van der Waals surface area contributed by atoms with Gasteiger partial charge in [0.15, 0.2) is 0 Å². The maximum atomic E-state index is 11.1. The van der Waals surface area contributed by atoms with Gasteiger partial charge >= 0.3 is 5.97 Å². The highest BCUT2D eigenvalue weighted by atomic mass is 35.5. The number of aromatic nitrogens is 2. The lowest BCUT2D eigenvalue weighted by Crippen LogP contribution is -2.12. The SMILES string of the molecule is CCOC(=O)c1ncc(N)n1C.Cl. The van der Waals surface area contributed by atoms with E-state index in [4.69, 9.17) is 10.5 Å². The highest BCUT2D eigenvalue weighted by Gasteiger charge is 2.13. The van der Waals surface area contributed by atoms with E-state index in [9.17, 15) is 4.79 Å². The molecule has 6 heteroatoms. The Morgan fingerprint density at radius 3 is 2.77 bits per heavy atom. The molecule has 1 aromatic heterocycles. The van der Waals surface area contributed by atoms with Gasteiger partial charge in [-0.05, 0) is 6.92 Å². The zero-order valence-corrected chi connectivity index (χ0v) is 8.30. The third-order valence-electron chi connectivity index (χ3n) is 1.48. The van der Waals surface area contributed by atoms with Crippen molar-refractivity contribution in [3.05, 3.63) is 12.0 Å². The number of hydrogen-bond acceptors (Lipinski definition) is 4. The molecular formula is C7H12ClN3O2. The number of ether oxygens (including phenoxy) is 1. The molecule has 5 nitrogen and oxygen atoms in total. The number of carbonyl (C=O) groups excluding carboxylic acids is 1. The number of rotatable bonds is 2. The standard InChI is InChI=1S/C7H11N3O2.ClH/c1-3-12-7(11)6-9-4-5(8)10(6)2;/h4H,3,8H2,1-2H3;1H. The summed E-state index contributed by atoms with van der Waals surface area (Å²) >= 11 is 0. The first-order valence-corrected chi connectivity index (χ1v) is 3.61. The molecule has 1 aromatic rings. The van der Waals surface area contributed by atoms with E-state index in [-0.39, 0.29) is 18.2 Å². The van der Waals surface area contributed by atoms with Crippen molar-refractivity contribution in [2.45, 2.75) is 6.92 Å². The van der Waals surface area contributed by atoms with E-state index in [2.05, 4.69) is 4.98 Å². The smallest absolute Gasteiger partial charge is 0.374 e. The molecule has 0 bridgehead atoms. The molecule has 74 valence electrons. The second kappa shape index (κ2) is 4.71. The van der Waals surface area contributed by atoms with Gasteiger partial charge in [-0.2, -0.15) is 0 Å². The molecule has 1 rings (SSSR count). The van der Waals surface area contributed by atoms with Crippen LogP contribution >= 0.6 is 12.4 Å². The number of nitrogens with two attached hydrogens (primary N) is 1. The van der Waals surface area contributed by atoms with Crippen molar-refractivity contribution in [2.75, 3.05) is 12.3 Å². The molecule has 0 saturated carbocycles. The number of carbonyl (C=O) groups is 1. The van der Waals surface area contributed by atoms with Gasteiger partial charge in [-0.1, -0.05) is 0 Å². The third-order valence-corrected chi connectivity index (χ3v) is 1.48. The first-order valence-electron chi connectivity index (χ1n) is 3.61. The van der Waals surface area contributed by atoms with Gasteiger partial charge in [0.05, 0.1) is 12.8 Å². The van der Waals surface area contributed by atoms with Gasteiger partial charge in [0, 0.05) is 7.05 Å². The summed E-state index contributed by atoms with van der Waals surface area (Å²) < 4.78 is 6.23. The molecule has 0 saturated heterocycles. The van der Waals surface area contributed by atoms with Gasteiger partial charge in [0.2, 0.25) is 5.82 Å². The normalized spacial score (nSPS) is 9.08. The summed E-state index contributed by atoms with van der Waals surface area (Å²) in [5, 5.41) is 0. The second-order valence-electron chi connectivity index (χ2n) is 2.29. The Labute approximate surface area is 82.3 Å². The van der Waals surface area contributed by atoms with Gasteiger partial charge < -0.3 is 15.0 Å². The first kappa shape index (κ1) is 11.8. The largest absolute Gasteiger partial charge is 0.460 e. The summed E-state index contributed by atoms with van der Waals surface area (Å²) in [5.41, 5.74) is 5.47. The third kappa shape index (κ3) is 2.35. The summed E-state index contributed by atoms with van der Waals surface area (Å²) in [4.78, 5) is 14.9. The first-order chi connectivity index (χ1) is 5.66. The van der Waals surface area contributed by atoms with Crippen molar-refractivity contribution < 1.29 is 9.53 Å². The van der Waals surface area contributed by atoms with E-state index < -0.39 is 5.97 Å². The zero-order valence-electron chi connectivity index (χ0n) is 7.48. The van der Waals surface area contributed by atoms with Gasteiger partial charge in [-0.25, -0.2) is 9.78 Å². The number of halogens is 1. The monoisotopic (exact) mass is 205 g/mol. The van der Waals surface area contributed by atoms with Crippen LogP contribution in [0.3, 0.4) is 0 Å². The maximum absolute atomic E-state index is 11.1. The quantitative estimate of drug-likeness (QED) is 0.718. The Hall–Kier alpha value is -1.23. The number of imidazole rings is 1. The Morgan fingerprint density at radius 1 is 1.77 bits per heavy atom. The number of nitrogens with zero attached hydrogens (tertiary/aromatic N) is 2. The van der Waals surface area contributed by atoms with Crippen LogP contribution in [0.2, 0.25) is 0 Å². The average Bonchev–Trinajstić information content (AvgIpc) is 2.34. The minimum absolute atomic E-state index is 0. The lowest BCUT2D eigenvalue weighted by atomic mass is 10.6. The zero-order chi connectivity index (χ0) is 9.14. The molecule has 0 aliphatic heterocycles. The topological polar surface area (TPSA) is 70.1 Å². The highest BCUT2D eigenvalue weighted by molar-refractivity contribution is 5.86. The lowest BCUT2D eigenvalue weighted by molar-refractivity contribution is 0.0508. The van der Waals surface area contributed by atoms with Gasteiger partial charge in [-0.15, -0.1) is 12.4 Å². The summed E-state index contributed by atoms with van der Waals surface area (Å²) in [6, 6.07) is 0. The molecule has 0 spiro atoms. The minimum atomic E-state index is -0.448. The van der Waals surface area contributed by atoms with Crippen molar-refractivity contribution in [3.63, 3.8) is 0 Å². The second-order valence-corrected chi connectivity index (χ2v) is 2.29. The summed E-state index contributed by atoms with van der Waals surface area (Å²) in [6.07, 6.45) is 1.42. The molecule has 2 N–H and O–H groups in total. The summed E-state index contributed by atoms with van der Waals surface area (Å²) in [5.74, 6) is 0.226. The van der Waals surface area contributed by atoms with Crippen LogP contribution in [0.1, 0.15) is 17.5 Å². The fourth-order valence-electron chi connectivity index (χ4n) is 0.808. The van der Waals surface area contributed by atoms with Crippen LogP contribution in [0.4, 0.5) is 5.82 Å². The Bertz CT molecular complexity index is 298. The lowest BCUT2D eigenvalue weighted by Gasteiger charge is -2.01. The average molecular weight is 206 g/mol. The van der Waals surface area contributed by atoms with Crippen molar-refractivity contribution in [2.24, 2.45) is 7.05 Å². The fraction of sp³-hybridized carbons (Fsp3) is 0.429. The molecule has 0 atom stereocenters. The van der Waals surface area contributed by atoms with Gasteiger partial charge in [-0.3, -0.25) is 0 Å². The van der Waals surface area contributed by atoms with Crippen LogP contribution in [0.25, 0.3) is 0 Å². The molecule has 0 aromatic carbocycles. The molecule has 0 fully saturated rings. The van der Waals surface area contributed by atoms with Crippen molar-refractivity contribution in [1.82, 2.24) is 9.55 Å². The molecule has 0 aliphatic carbocycles. The number of esters is 1. The van der Waals surface area contributed by atoms with E-state index in [1.165, 1.54) is 10.8 Å². The van der Waals surface area contributed by atoms with E-state index in [0.717, 1.165) is 0 Å². The van der Waals surface area contributed by atoms with Crippen LogP contribution < -0.4 is 5.73 Å². The van der Waals surface area contributed by atoms with Crippen LogP contribution in [0, 0.1) is 0 Å². The van der Waals surface area contributed by atoms with Crippen molar-refractivity contribution in [1.29, 1.82) is 0 Å². The van der Waals surface area contributed by atoms with Gasteiger partial charge in [0.25, 0.3) is 0 Å². The van der Waals surface area contributed by atoms with Crippen molar-refractivity contribution >= 4 is 24.2 Å². The van der Waals surface area contributed by atoms with E-state index >= 15 is 0 Å². The van der Waals surface area contributed by atoms with E-state index in [1.807, 2.05) is 0 Å². The van der Waals surface area contributed by atoms with Crippen LogP contribution in [0.15, 0.2) is 6.20 Å². The predicted octanol–water partition coefficient (Wildman–Crippen LogP) is 0.601. The van der Waals surface area contributed by atoms with E-state index in [1.54, 1.807) is 14.0 Å². The Morgan fingerprint density at radius 2 is 2.38 bits per heavy atom. The molecule has 1 heterocycles. The fourth-order valence-corrected chi connectivity index (χ4v) is 0.808. The van der Waals surface area contributed by atoms with Gasteiger partial charge in [0.1, 0.15) is 5.82 Å². The number of anilines is 1. The summed E-state index contributed by atoms with van der Waals surface area (Å²) in [6.45, 7) is 2.08. The molecule has 0 amide bonds. The van der Waals surface area contributed by atoms with E-state index in [0.29, 0.717) is 12.4 Å². The molecule has 0 unspecified atom stereocenters.